The van der Waals surface area contributed by atoms with Crippen molar-refractivity contribution in [2.75, 3.05) is 5.75 Å². The van der Waals surface area contributed by atoms with Crippen molar-refractivity contribution in [2.24, 2.45) is 0 Å². The number of halogens is 2. The lowest BCUT2D eigenvalue weighted by Crippen LogP contribution is -2.03. The van der Waals surface area contributed by atoms with E-state index in [2.05, 4.69) is 20.9 Å². The summed E-state index contributed by atoms with van der Waals surface area (Å²) < 4.78 is 2.68. The molecule has 2 aromatic rings. The van der Waals surface area contributed by atoms with Crippen LogP contribution in [0.5, 0.6) is 0 Å². The third-order valence-electron chi connectivity index (χ3n) is 2.39. The first-order chi connectivity index (χ1) is 8.99. The van der Waals surface area contributed by atoms with Crippen LogP contribution >= 0.6 is 39.3 Å². The Hall–Kier alpha value is -0.980. The minimum Gasteiger partial charge on any atom is -0.481 e. The fourth-order valence-corrected chi connectivity index (χ4v) is 2.82. The molecule has 0 unspecified atom stereocenters. The summed E-state index contributed by atoms with van der Waals surface area (Å²) >= 11 is 10.5. The molecule has 19 heavy (non-hydrogen) atoms. The van der Waals surface area contributed by atoms with Crippen LogP contribution in [0, 0.1) is 6.92 Å². The zero-order valence-corrected chi connectivity index (χ0v) is 13.1. The monoisotopic (exact) mass is 360 g/mol. The van der Waals surface area contributed by atoms with E-state index in [1.165, 1.54) is 11.8 Å². The van der Waals surface area contributed by atoms with Crippen molar-refractivity contribution in [2.45, 2.75) is 12.1 Å². The SMILES string of the molecule is Cc1cnc(SCC(=O)O)n1-c1ccc(Cl)c(Br)c1. The molecule has 1 heterocycles. The van der Waals surface area contributed by atoms with Crippen LogP contribution in [0.15, 0.2) is 34.0 Å². The topological polar surface area (TPSA) is 55.1 Å². The molecule has 0 amide bonds. The van der Waals surface area contributed by atoms with Crippen LogP contribution in [0.2, 0.25) is 5.02 Å². The first-order valence-electron chi connectivity index (χ1n) is 5.33. The molecule has 4 nitrogen and oxygen atoms in total. The maximum Gasteiger partial charge on any atom is 0.313 e. The fourth-order valence-electron chi connectivity index (χ4n) is 1.58. The lowest BCUT2D eigenvalue weighted by molar-refractivity contribution is -0.133. The molecule has 0 radical (unpaired) electrons. The molecule has 7 heteroatoms. The fraction of sp³-hybridized carbons (Fsp3) is 0.167. The van der Waals surface area contributed by atoms with Gasteiger partial charge in [-0.25, -0.2) is 4.98 Å². The predicted molar refractivity (Wildman–Crippen MR) is 79.4 cm³/mol. The highest BCUT2D eigenvalue weighted by atomic mass is 79.9. The summed E-state index contributed by atoms with van der Waals surface area (Å²) in [6.45, 7) is 1.92. The largest absolute Gasteiger partial charge is 0.481 e. The van der Waals surface area contributed by atoms with Gasteiger partial charge in [0.1, 0.15) is 0 Å². The Labute approximate surface area is 127 Å². The van der Waals surface area contributed by atoms with E-state index in [0.717, 1.165) is 15.9 Å². The van der Waals surface area contributed by atoms with E-state index in [9.17, 15) is 4.79 Å². The molecule has 1 aromatic heterocycles. The van der Waals surface area contributed by atoms with Crippen LogP contribution in [0.1, 0.15) is 5.69 Å². The van der Waals surface area contributed by atoms with Crippen LogP contribution in [0.4, 0.5) is 0 Å². The van der Waals surface area contributed by atoms with Gasteiger partial charge < -0.3 is 5.11 Å². The molecule has 0 aliphatic carbocycles. The van der Waals surface area contributed by atoms with Crippen molar-refractivity contribution in [3.63, 3.8) is 0 Å². The van der Waals surface area contributed by atoms with Gasteiger partial charge >= 0.3 is 5.97 Å². The highest BCUT2D eigenvalue weighted by Crippen LogP contribution is 2.28. The number of aryl methyl sites for hydroxylation is 1. The molecular formula is C12H10BrClN2O2S. The van der Waals surface area contributed by atoms with Crippen molar-refractivity contribution in [1.82, 2.24) is 9.55 Å². The van der Waals surface area contributed by atoms with Gasteiger partial charge in [-0.1, -0.05) is 23.4 Å². The summed E-state index contributed by atoms with van der Waals surface area (Å²) in [7, 11) is 0. The number of carboxylic acid groups (broad SMARTS) is 1. The van der Waals surface area contributed by atoms with Gasteiger partial charge in [0.25, 0.3) is 0 Å². The molecule has 0 fully saturated rings. The van der Waals surface area contributed by atoms with Crippen molar-refractivity contribution < 1.29 is 9.90 Å². The van der Waals surface area contributed by atoms with Crippen LogP contribution < -0.4 is 0 Å². The molecule has 0 bridgehead atoms. The number of aliphatic carboxylic acids is 1. The Morgan fingerprint density at radius 1 is 1.58 bits per heavy atom. The number of benzene rings is 1. The van der Waals surface area contributed by atoms with Gasteiger partial charge in [-0.2, -0.15) is 0 Å². The molecular weight excluding hydrogens is 352 g/mol. The Kier molecular flexibility index (Phi) is 4.54. The summed E-state index contributed by atoms with van der Waals surface area (Å²) in [5.41, 5.74) is 1.82. The van der Waals surface area contributed by atoms with Crippen molar-refractivity contribution in [3.05, 3.63) is 39.6 Å². The summed E-state index contributed by atoms with van der Waals surface area (Å²) in [6.07, 6.45) is 1.71. The van der Waals surface area contributed by atoms with Gasteiger partial charge in [0.15, 0.2) is 5.16 Å². The van der Waals surface area contributed by atoms with E-state index < -0.39 is 5.97 Å². The average Bonchev–Trinajstić information content (AvgIpc) is 2.71. The summed E-state index contributed by atoms with van der Waals surface area (Å²) in [5.74, 6) is -0.889. The highest BCUT2D eigenvalue weighted by molar-refractivity contribution is 9.10. The summed E-state index contributed by atoms with van der Waals surface area (Å²) in [5, 5.41) is 10.0. The van der Waals surface area contributed by atoms with Gasteiger partial charge in [-0.15, -0.1) is 0 Å². The normalized spacial score (nSPS) is 10.7. The maximum absolute atomic E-state index is 10.6. The van der Waals surface area contributed by atoms with Crippen LogP contribution in [-0.4, -0.2) is 26.4 Å². The van der Waals surface area contributed by atoms with E-state index in [0.29, 0.717) is 10.2 Å². The second-order valence-electron chi connectivity index (χ2n) is 3.80. The number of rotatable bonds is 4. The zero-order chi connectivity index (χ0) is 14.0. The third kappa shape index (κ3) is 3.32. The van der Waals surface area contributed by atoms with E-state index in [-0.39, 0.29) is 5.75 Å². The van der Waals surface area contributed by atoms with E-state index >= 15 is 0 Å². The summed E-state index contributed by atoms with van der Waals surface area (Å²) in [4.78, 5) is 14.9. The Morgan fingerprint density at radius 3 is 2.95 bits per heavy atom. The molecule has 0 spiro atoms. The molecule has 100 valence electrons. The summed E-state index contributed by atoms with van der Waals surface area (Å²) in [6, 6.07) is 5.53. The molecule has 1 aromatic carbocycles. The Morgan fingerprint density at radius 2 is 2.32 bits per heavy atom. The van der Waals surface area contributed by atoms with Crippen LogP contribution in [-0.2, 0) is 4.79 Å². The Bertz CT molecular complexity index is 630. The van der Waals surface area contributed by atoms with E-state index in [4.69, 9.17) is 16.7 Å². The van der Waals surface area contributed by atoms with Gasteiger partial charge in [-0.05, 0) is 41.1 Å². The highest BCUT2D eigenvalue weighted by Gasteiger charge is 2.12. The molecule has 0 aliphatic rings. The minimum atomic E-state index is -0.866. The quantitative estimate of drug-likeness (QED) is 0.842. The maximum atomic E-state index is 10.6. The van der Waals surface area contributed by atoms with Crippen LogP contribution in [0.25, 0.3) is 5.69 Å². The zero-order valence-electron chi connectivity index (χ0n) is 9.93. The number of imidazole rings is 1. The second kappa shape index (κ2) is 5.98. The van der Waals surface area contributed by atoms with Crippen molar-refractivity contribution >= 4 is 45.3 Å². The molecule has 0 saturated heterocycles. The molecule has 0 atom stereocenters. The number of carbonyl (C=O) groups is 1. The average molecular weight is 362 g/mol. The van der Waals surface area contributed by atoms with Gasteiger partial charge in [0.2, 0.25) is 0 Å². The number of thioether (sulfide) groups is 1. The minimum absolute atomic E-state index is 0.0226. The number of hydrogen-bond donors (Lipinski definition) is 1. The number of carboxylic acids is 1. The number of hydrogen-bond acceptors (Lipinski definition) is 3. The molecule has 0 aliphatic heterocycles. The predicted octanol–water partition coefficient (Wildman–Crippen LogP) is 3.77. The lowest BCUT2D eigenvalue weighted by Gasteiger charge is -2.10. The molecule has 0 saturated carbocycles. The number of nitrogens with zero attached hydrogens (tertiary/aromatic N) is 2. The van der Waals surface area contributed by atoms with Crippen molar-refractivity contribution in [3.8, 4) is 5.69 Å². The van der Waals surface area contributed by atoms with E-state index in [1.807, 2.05) is 23.6 Å². The second-order valence-corrected chi connectivity index (χ2v) is 6.00. The standard InChI is InChI=1S/C12H10BrClN2O2S/c1-7-5-15-12(19-6-11(17)18)16(7)8-2-3-10(14)9(13)4-8/h2-5H,6H2,1H3,(H,17,18). The van der Waals surface area contributed by atoms with Crippen LogP contribution in [0.3, 0.4) is 0 Å². The van der Waals surface area contributed by atoms with Crippen molar-refractivity contribution in [1.29, 1.82) is 0 Å². The molecule has 2 rings (SSSR count). The first kappa shape index (κ1) is 14.4. The van der Waals surface area contributed by atoms with Gasteiger partial charge in [0, 0.05) is 22.1 Å². The number of aromatic nitrogens is 2. The van der Waals surface area contributed by atoms with Gasteiger partial charge in [-0.3, -0.25) is 9.36 Å². The third-order valence-corrected chi connectivity index (χ3v) is 4.54. The Balaban J connectivity index is 2.40. The lowest BCUT2D eigenvalue weighted by atomic mass is 10.3. The first-order valence-corrected chi connectivity index (χ1v) is 7.49. The smallest absolute Gasteiger partial charge is 0.313 e. The van der Waals surface area contributed by atoms with E-state index in [1.54, 1.807) is 12.3 Å². The molecule has 1 N–H and O–H groups in total. The van der Waals surface area contributed by atoms with Gasteiger partial charge in [0.05, 0.1) is 10.8 Å².